The summed E-state index contributed by atoms with van der Waals surface area (Å²) in [6.45, 7) is 3.19. The molecule has 1 atom stereocenters. The van der Waals surface area contributed by atoms with Gasteiger partial charge in [0.1, 0.15) is 0 Å². The van der Waals surface area contributed by atoms with Gasteiger partial charge in [-0.2, -0.15) is 0 Å². The first kappa shape index (κ1) is 23.9. The number of aromatic nitrogens is 2. The Kier molecular flexibility index (Phi) is 6.70. The third kappa shape index (κ3) is 5.09. The number of likely N-dealkylation sites (tertiary alicyclic amines) is 1. The van der Waals surface area contributed by atoms with Crippen molar-refractivity contribution in [2.75, 3.05) is 13.1 Å². The van der Waals surface area contributed by atoms with Crippen LogP contribution in [-0.4, -0.2) is 44.2 Å². The lowest BCUT2D eigenvalue weighted by atomic mass is 9.90. The SMILES string of the molecule is CC(CC(=O)N1CCC(O)(Cn2cnc(-c3cccc4ccccc34)cc2=O)CC1)c1ccccc1. The zero-order valence-electron chi connectivity index (χ0n) is 20.5. The molecule has 3 aromatic carbocycles. The van der Waals surface area contributed by atoms with Crippen LogP contribution in [0.25, 0.3) is 22.0 Å². The Labute approximate surface area is 210 Å². The molecule has 1 N–H and O–H groups in total. The van der Waals surface area contributed by atoms with Crippen molar-refractivity contribution in [2.24, 2.45) is 0 Å². The number of aliphatic hydroxyl groups is 1. The summed E-state index contributed by atoms with van der Waals surface area (Å²) in [5.74, 6) is 0.246. The van der Waals surface area contributed by atoms with Crippen molar-refractivity contribution in [3.63, 3.8) is 0 Å². The van der Waals surface area contributed by atoms with Crippen molar-refractivity contribution in [1.29, 1.82) is 0 Å². The third-order valence-electron chi connectivity index (χ3n) is 7.31. The molecule has 0 bridgehead atoms. The van der Waals surface area contributed by atoms with Crippen LogP contribution < -0.4 is 5.56 Å². The fourth-order valence-electron chi connectivity index (χ4n) is 5.08. The molecule has 1 fully saturated rings. The minimum absolute atomic E-state index is 0.103. The second-order valence-corrected chi connectivity index (χ2v) is 9.89. The first-order valence-electron chi connectivity index (χ1n) is 12.5. The second kappa shape index (κ2) is 10.1. The summed E-state index contributed by atoms with van der Waals surface area (Å²) in [6.07, 6.45) is 2.82. The molecule has 5 rings (SSSR count). The average Bonchev–Trinajstić information content (AvgIpc) is 2.90. The van der Waals surface area contributed by atoms with Gasteiger partial charge in [0.05, 0.1) is 24.2 Å². The molecule has 1 unspecified atom stereocenters. The Balaban J connectivity index is 1.23. The number of benzene rings is 3. The Morgan fingerprint density at radius 3 is 2.44 bits per heavy atom. The molecule has 1 aliphatic heterocycles. The highest BCUT2D eigenvalue weighted by Gasteiger charge is 2.35. The van der Waals surface area contributed by atoms with Crippen molar-refractivity contribution in [2.45, 2.75) is 44.2 Å². The Bertz CT molecular complexity index is 1420. The molecule has 1 saturated heterocycles. The standard InChI is InChI=1S/C30H31N3O3/c1-22(23-8-3-2-4-9-23)18-28(34)32-16-14-30(36,15-17-32)20-33-21-31-27(19-29(33)35)26-13-7-11-24-10-5-6-12-25(24)26/h2-13,19,21-22,36H,14-18,20H2,1H3. The van der Waals surface area contributed by atoms with Gasteiger partial charge in [-0.25, -0.2) is 4.98 Å². The lowest BCUT2D eigenvalue weighted by Gasteiger charge is -2.38. The first-order chi connectivity index (χ1) is 17.4. The van der Waals surface area contributed by atoms with E-state index < -0.39 is 5.60 Å². The van der Waals surface area contributed by atoms with Gasteiger partial charge in [-0.05, 0) is 35.1 Å². The number of rotatable bonds is 6. The lowest BCUT2D eigenvalue weighted by molar-refractivity contribution is -0.136. The number of hydrogen-bond acceptors (Lipinski definition) is 4. The monoisotopic (exact) mass is 481 g/mol. The fraction of sp³-hybridized carbons (Fsp3) is 0.300. The molecule has 0 radical (unpaired) electrons. The van der Waals surface area contributed by atoms with E-state index in [1.54, 1.807) is 0 Å². The van der Waals surface area contributed by atoms with E-state index in [0.717, 1.165) is 21.9 Å². The van der Waals surface area contributed by atoms with E-state index in [2.05, 4.69) is 11.9 Å². The normalized spacial score (nSPS) is 16.1. The number of piperidine rings is 1. The van der Waals surface area contributed by atoms with Crippen LogP contribution in [0.3, 0.4) is 0 Å². The van der Waals surface area contributed by atoms with Crippen LogP contribution in [0.2, 0.25) is 0 Å². The van der Waals surface area contributed by atoms with Crippen LogP contribution in [0, 0.1) is 0 Å². The van der Waals surface area contributed by atoms with Gasteiger partial charge in [0.25, 0.3) is 5.56 Å². The highest BCUT2D eigenvalue weighted by atomic mass is 16.3. The molecule has 1 aliphatic rings. The van der Waals surface area contributed by atoms with Crippen molar-refractivity contribution in [3.8, 4) is 11.3 Å². The molecular weight excluding hydrogens is 450 g/mol. The maximum Gasteiger partial charge on any atom is 0.253 e. The molecule has 0 saturated carbocycles. The van der Waals surface area contributed by atoms with E-state index in [1.807, 2.05) is 77.7 Å². The topological polar surface area (TPSA) is 75.4 Å². The molecule has 2 heterocycles. The van der Waals surface area contributed by atoms with Crippen molar-refractivity contribution >= 4 is 16.7 Å². The molecule has 184 valence electrons. The quantitative estimate of drug-likeness (QED) is 0.436. The summed E-state index contributed by atoms with van der Waals surface area (Å²) < 4.78 is 1.48. The highest BCUT2D eigenvalue weighted by Crippen LogP contribution is 2.28. The Morgan fingerprint density at radius 1 is 1.00 bits per heavy atom. The van der Waals surface area contributed by atoms with Crippen LogP contribution in [0.4, 0.5) is 0 Å². The van der Waals surface area contributed by atoms with Gasteiger partial charge in [0.15, 0.2) is 0 Å². The summed E-state index contributed by atoms with van der Waals surface area (Å²) in [5.41, 5.74) is 1.43. The van der Waals surface area contributed by atoms with Gasteiger partial charge >= 0.3 is 0 Å². The second-order valence-electron chi connectivity index (χ2n) is 9.89. The van der Waals surface area contributed by atoms with E-state index in [9.17, 15) is 14.7 Å². The Hall–Kier alpha value is -3.77. The number of hydrogen-bond donors (Lipinski definition) is 1. The molecular formula is C30H31N3O3. The number of fused-ring (bicyclic) bond motifs is 1. The maximum atomic E-state index is 12.9. The van der Waals surface area contributed by atoms with Crippen LogP contribution >= 0.6 is 0 Å². The summed E-state index contributed by atoms with van der Waals surface area (Å²) in [5, 5.41) is 13.3. The zero-order chi connectivity index (χ0) is 25.1. The maximum absolute atomic E-state index is 12.9. The summed E-state index contributed by atoms with van der Waals surface area (Å²) >= 11 is 0. The molecule has 6 heteroatoms. The molecule has 0 aliphatic carbocycles. The Morgan fingerprint density at radius 2 is 1.69 bits per heavy atom. The molecule has 0 spiro atoms. The van der Waals surface area contributed by atoms with E-state index in [0.29, 0.717) is 38.0 Å². The fourth-order valence-corrected chi connectivity index (χ4v) is 5.08. The number of amides is 1. The van der Waals surface area contributed by atoms with Crippen LogP contribution in [0.15, 0.2) is 90.0 Å². The predicted octanol–water partition coefficient (Wildman–Crippen LogP) is 4.61. The average molecular weight is 482 g/mol. The largest absolute Gasteiger partial charge is 0.388 e. The van der Waals surface area contributed by atoms with Gasteiger partial charge in [-0.15, -0.1) is 0 Å². The van der Waals surface area contributed by atoms with Crippen molar-refractivity contribution < 1.29 is 9.90 Å². The predicted molar refractivity (Wildman–Crippen MR) is 142 cm³/mol. The highest BCUT2D eigenvalue weighted by molar-refractivity contribution is 5.95. The van der Waals surface area contributed by atoms with Gasteiger partial charge in [0, 0.05) is 31.1 Å². The molecule has 1 amide bonds. The molecule has 4 aromatic rings. The molecule has 36 heavy (non-hydrogen) atoms. The molecule has 1 aromatic heterocycles. The smallest absolute Gasteiger partial charge is 0.253 e. The van der Waals surface area contributed by atoms with E-state index in [-0.39, 0.29) is 23.9 Å². The van der Waals surface area contributed by atoms with Crippen molar-refractivity contribution in [3.05, 3.63) is 101 Å². The summed E-state index contributed by atoms with van der Waals surface area (Å²) in [6, 6.07) is 25.6. The number of carbonyl (C=O) groups excluding carboxylic acids is 1. The van der Waals surface area contributed by atoms with E-state index >= 15 is 0 Å². The minimum Gasteiger partial charge on any atom is -0.388 e. The third-order valence-corrected chi connectivity index (χ3v) is 7.31. The van der Waals surface area contributed by atoms with Gasteiger partial charge in [-0.3, -0.25) is 14.2 Å². The van der Waals surface area contributed by atoms with E-state index in [1.165, 1.54) is 17.0 Å². The van der Waals surface area contributed by atoms with Gasteiger partial charge in [-0.1, -0.05) is 79.7 Å². The van der Waals surface area contributed by atoms with Crippen LogP contribution in [0.1, 0.15) is 37.7 Å². The van der Waals surface area contributed by atoms with Crippen LogP contribution in [-0.2, 0) is 11.3 Å². The van der Waals surface area contributed by atoms with Crippen LogP contribution in [0.5, 0.6) is 0 Å². The van der Waals surface area contributed by atoms with E-state index in [4.69, 9.17) is 0 Å². The van der Waals surface area contributed by atoms with Gasteiger partial charge in [0.2, 0.25) is 5.91 Å². The van der Waals surface area contributed by atoms with Crippen molar-refractivity contribution in [1.82, 2.24) is 14.5 Å². The number of carbonyl (C=O) groups is 1. The zero-order valence-corrected chi connectivity index (χ0v) is 20.5. The molecule has 6 nitrogen and oxygen atoms in total. The first-order valence-corrected chi connectivity index (χ1v) is 12.5. The minimum atomic E-state index is -1.05. The number of nitrogens with zero attached hydrogens (tertiary/aromatic N) is 3. The van der Waals surface area contributed by atoms with Gasteiger partial charge < -0.3 is 10.0 Å². The summed E-state index contributed by atoms with van der Waals surface area (Å²) in [4.78, 5) is 32.2. The lowest BCUT2D eigenvalue weighted by Crippen LogP contribution is -2.49. The summed E-state index contributed by atoms with van der Waals surface area (Å²) in [7, 11) is 0.